The molecule has 0 aromatic heterocycles. The van der Waals surface area contributed by atoms with Gasteiger partial charge in [0.25, 0.3) is 0 Å². The molecule has 1 aliphatic carbocycles. The number of nitrogens with one attached hydrogen (secondary N) is 2. The van der Waals surface area contributed by atoms with Crippen LogP contribution in [0.3, 0.4) is 0 Å². The van der Waals surface area contributed by atoms with Crippen LogP contribution in [-0.2, 0) is 4.79 Å². The summed E-state index contributed by atoms with van der Waals surface area (Å²) in [5.41, 5.74) is 1.77. The van der Waals surface area contributed by atoms with Crippen LogP contribution >= 0.6 is 0 Å². The number of fused-ring (bicyclic) bond motifs is 3. The first kappa shape index (κ1) is 14.1. The number of benzene rings is 1. The Kier molecular flexibility index (Phi) is 3.16. The number of hydrogen-bond acceptors (Lipinski definition) is 5. The molecule has 5 heteroatoms. The number of ether oxygens (including phenoxy) is 2. The van der Waals surface area contributed by atoms with E-state index in [0.717, 1.165) is 35.7 Å². The van der Waals surface area contributed by atoms with Crippen LogP contribution in [0.15, 0.2) is 41.8 Å². The minimum Gasteiger partial charge on any atom is -0.490 e. The summed E-state index contributed by atoms with van der Waals surface area (Å²) in [5.74, 6) is 2.32. The van der Waals surface area contributed by atoms with Crippen molar-refractivity contribution in [3.05, 3.63) is 41.8 Å². The third-order valence-corrected chi connectivity index (χ3v) is 5.26. The van der Waals surface area contributed by atoms with Crippen LogP contribution in [0.4, 0.5) is 5.69 Å². The number of anilines is 1. The zero-order chi connectivity index (χ0) is 16.1. The maximum absolute atomic E-state index is 11.6. The van der Waals surface area contributed by atoms with Gasteiger partial charge in [0.15, 0.2) is 11.5 Å². The maximum atomic E-state index is 11.6. The van der Waals surface area contributed by atoms with E-state index >= 15 is 0 Å². The van der Waals surface area contributed by atoms with E-state index in [-0.39, 0.29) is 11.9 Å². The van der Waals surface area contributed by atoms with Crippen molar-refractivity contribution in [2.24, 2.45) is 0 Å². The summed E-state index contributed by atoms with van der Waals surface area (Å²) < 4.78 is 12.2. The van der Waals surface area contributed by atoms with Crippen molar-refractivity contribution in [1.82, 2.24) is 5.32 Å². The number of rotatable bonds is 2. The predicted octanol–water partition coefficient (Wildman–Crippen LogP) is 2.89. The maximum Gasteiger partial charge on any atom is 0.163 e. The van der Waals surface area contributed by atoms with Crippen molar-refractivity contribution >= 4 is 11.5 Å². The van der Waals surface area contributed by atoms with Crippen LogP contribution in [0.2, 0.25) is 0 Å². The molecular formula is C19H20N2O3. The van der Waals surface area contributed by atoms with Crippen molar-refractivity contribution in [3.8, 4) is 11.5 Å². The highest BCUT2D eigenvalue weighted by atomic mass is 16.5. The van der Waals surface area contributed by atoms with Crippen LogP contribution < -0.4 is 20.1 Å². The van der Waals surface area contributed by atoms with E-state index < -0.39 is 0 Å². The Bertz CT molecular complexity index is 756. The molecule has 2 unspecified atom stereocenters. The van der Waals surface area contributed by atoms with Gasteiger partial charge in [-0.25, -0.2) is 0 Å². The van der Waals surface area contributed by atoms with Crippen molar-refractivity contribution in [2.45, 2.75) is 50.3 Å². The third kappa shape index (κ3) is 2.49. The van der Waals surface area contributed by atoms with Gasteiger partial charge >= 0.3 is 0 Å². The quantitative estimate of drug-likeness (QED) is 0.876. The van der Waals surface area contributed by atoms with Crippen molar-refractivity contribution in [3.63, 3.8) is 0 Å². The monoisotopic (exact) mass is 324 g/mol. The summed E-state index contributed by atoms with van der Waals surface area (Å²) in [6.07, 6.45) is 8.61. The fraction of sp³-hybridized carbons (Fsp3) is 0.421. The molecule has 4 aliphatic rings. The fourth-order valence-corrected chi connectivity index (χ4v) is 4.12. The largest absolute Gasteiger partial charge is 0.490 e. The van der Waals surface area contributed by atoms with Gasteiger partial charge in [-0.3, -0.25) is 4.79 Å². The lowest BCUT2D eigenvalue weighted by Crippen LogP contribution is -2.42. The number of ketones is 1. The van der Waals surface area contributed by atoms with Crippen LogP contribution in [0.25, 0.3) is 0 Å². The Morgan fingerprint density at radius 1 is 1.12 bits per heavy atom. The summed E-state index contributed by atoms with van der Waals surface area (Å²) in [7, 11) is 0. The van der Waals surface area contributed by atoms with Gasteiger partial charge < -0.3 is 20.1 Å². The van der Waals surface area contributed by atoms with E-state index in [9.17, 15) is 4.79 Å². The Balaban J connectivity index is 1.34. The molecule has 124 valence electrons. The van der Waals surface area contributed by atoms with Crippen LogP contribution in [-0.4, -0.2) is 24.0 Å². The highest BCUT2D eigenvalue weighted by Crippen LogP contribution is 2.39. The standard InChI is InChI=1S/C19H20N2O3/c22-13-3-5-16-18(9-13)24-19-10-14(4-6-17(19)21-16)23-15-7-11-1-2-12(8-15)20-11/h3-6,10-12,15,20-21H,1-2,7-9H2. The second kappa shape index (κ2) is 5.38. The molecule has 2 N–H and O–H groups in total. The first-order chi connectivity index (χ1) is 11.7. The molecule has 3 heterocycles. The summed E-state index contributed by atoms with van der Waals surface area (Å²) in [6, 6.07) is 7.12. The summed E-state index contributed by atoms with van der Waals surface area (Å²) in [4.78, 5) is 11.6. The van der Waals surface area contributed by atoms with Gasteiger partial charge in [-0.1, -0.05) is 0 Å². The number of allylic oxidation sites excluding steroid dienone is 3. The molecule has 0 saturated carbocycles. The molecular weight excluding hydrogens is 304 g/mol. The van der Waals surface area contributed by atoms with E-state index in [1.165, 1.54) is 12.8 Å². The highest BCUT2D eigenvalue weighted by Gasteiger charge is 2.34. The third-order valence-electron chi connectivity index (χ3n) is 5.26. The molecule has 5 rings (SSSR count). The Morgan fingerprint density at radius 3 is 2.79 bits per heavy atom. The van der Waals surface area contributed by atoms with Gasteiger partial charge in [0.2, 0.25) is 0 Å². The Labute approximate surface area is 140 Å². The van der Waals surface area contributed by atoms with Gasteiger partial charge in [-0.15, -0.1) is 0 Å². The van der Waals surface area contributed by atoms with E-state index in [0.29, 0.717) is 24.3 Å². The lowest BCUT2D eigenvalue weighted by molar-refractivity contribution is -0.114. The molecule has 2 saturated heterocycles. The lowest BCUT2D eigenvalue weighted by Gasteiger charge is -2.30. The van der Waals surface area contributed by atoms with Gasteiger partial charge in [0, 0.05) is 18.2 Å². The zero-order valence-corrected chi connectivity index (χ0v) is 13.4. The zero-order valence-electron chi connectivity index (χ0n) is 13.4. The molecule has 1 aromatic rings. The van der Waals surface area contributed by atoms with Gasteiger partial charge in [-0.05, 0) is 50.0 Å². The molecule has 5 nitrogen and oxygen atoms in total. The predicted molar refractivity (Wildman–Crippen MR) is 90.1 cm³/mol. The fourth-order valence-electron chi connectivity index (χ4n) is 4.12. The SMILES string of the molecule is O=C1C=CC2=C(C1)Oc1cc(OC3CC4CCC(C3)N4)ccc1N2. The first-order valence-corrected chi connectivity index (χ1v) is 8.68. The lowest BCUT2D eigenvalue weighted by atomic mass is 10.0. The average Bonchev–Trinajstić information content (AvgIpc) is 2.91. The van der Waals surface area contributed by atoms with Crippen molar-refractivity contribution in [2.75, 3.05) is 5.32 Å². The van der Waals surface area contributed by atoms with Crippen molar-refractivity contribution < 1.29 is 14.3 Å². The molecule has 2 fully saturated rings. The second-order valence-corrected chi connectivity index (χ2v) is 7.05. The van der Waals surface area contributed by atoms with Crippen LogP contribution in [0.1, 0.15) is 32.1 Å². The molecule has 3 aliphatic heterocycles. The average molecular weight is 324 g/mol. The van der Waals surface area contributed by atoms with Crippen molar-refractivity contribution in [1.29, 1.82) is 0 Å². The van der Waals surface area contributed by atoms with E-state index in [2.05, 4.69) is 10.6 Å². The van der Waals surface area contributed by atoms with Crippen LogP contribution in [0, 0.1) is 0 Å². The minimum atomic E-state index is 0.0663. The van der Waals surface area contributed by atoms with E-state index in [4.69, 9.17) is 9.47 Å². The number of hydrogen-bond donors (Lipinski definition) is 2. The van der Waals surface area contributed by atoms with Gasteiger partial charge in [0.1, 0.15) is 17.6 Å². The normalized spacial score (nSPS) is 30.3. The van der Waals surface area contributed by atoms with Gasteiger partial charge in [-0.2, -0.15) is 0 Å². The summed E-state index contributed by atoms with van der Waals surface area (Å²) in [5, 5.41) is 6.96. The minimum absolute atomic E-state index is 0.0663. The number of carbonyl (C=O) groups is 1. The first-order valence-electron chi connectivity index (χ1n) is 8.68. The Morgan fingerprint density at radius 2 is 1.96 bits per heavy atom. The molecule has 2 bridgehead atoms. The van der Waals surface area contributed by atoms with E-state index in [1.807, 2.05) is 18.2 Å². The summed E-state index contributed by atoms with van der Waals surface area (Å²) in [6.45, 7) is 0. The summed E-state index contributed by atoms with van der Waals surface area (Å²) >= 11 is 0. The smallest absolute Gasteiger partial charge is 0.163 e. The molecule has 0 amide bonds. The highest BCUT2D eigenvalue weighted by molar-refractivity contribution is 5.94. The second-order valence-electron chi connectivity index (χ2n) is 7.05. The molecule has 0 spiro atoms. The number of piperidine rings is 1. The molecule has 24 heavy (non-hydrogen) atoms. The molecule has 0 radical (unpaired) electrons. The molecule has 2 atom stereocenters. The number of carbonyl (C=O) groups excluding carboxylic acids is 1. The Hall–Kier alpha value is -2.27. The molecule has 1 aromatic carbocycles. The van der Waals surface area contributed by atoms with Gasteiger partial charge in [0.05, 0.1) is 17.8 Å². The van der Waals surface area contributed by atoms with E-state index in [1.54, 1.807) is 12.2 Å². The topological polar surface area (TPSA) is 59.6 Å². The van der Waals surface area contributed by atoms with Crippen LogP contribution in [0.5, 0.6) is 11.5 Å².